The van der Waals surface area contributed by atoms with Gasteiger partial charge in [0.05, 0.1) is 12.0 Å². The number of pyridine rings is 1. The van der Waals surface area contributed by atoms with Gasteiger partial charge in [-0.05, 0) is 48.7 Å². The van der Waals surface area contributed by atoms with Crippen LogP contribution in [0.25, 0.3) is 0 Å². The SMILES string of the molecule is O=C(CC1(O)CCCC1)Nc1ccc(SCc2cccnc2)cc1. The van der Waals surface area contributed by atoms with E-state index in [1.165, 1.54) is 5.56 Å². The van der Waals surface area contributed by atoms with Crippen LogP contribution in [-0.4, -0.2) is 21.6 Å². The molecule has 2 N–H and O–H groups in total. The number of hydrogen-bond acceptors (Lipinski definition) is 4. The number of hydrogen-bond donors (Lipinski definition) is 2. The molecule has 0 spiro atoms. The van der Waals surface area contributed by atoms with Crippen LogP contribution in [0.15, 0.2) is 53.7 Å². The fraction of sp³-hybridized carbons (Fsp3) is 0.368. The Balaban J connectivity index is 1.50. The predicted molar refractivity (Wildman–Crippen MR) is 96.9 cm³/mol. The lowest BCUT2D eigenvalue weighted by atomic mass is 9.97. The molecule has 126 valence electrons. The first kappa shape index (κ1) is 17.0. The van der Waals surface area contributed by atoms with Crippen LogP contribution >= 0.6 is 11.8 Å². The summed E-state index contributed by atoms with van der Waals surface area (Å²) in [5.74, 6) is 0.752. The molecule has 0 atom stereocenters. The van der Waals surface area contributed by atoms with Crippen LogP contribution in [0.3, 0.4) is 0 Å². The van der Waals surface area contributed by atoms with Crippen molar-refractivity contribution < 1.29 is 9.90 Å². The number of benzene rings is 1. The maximum atomic E-state index is 12.1. The van der Waals surface area contributed by atoms with Crippen molar-refractivity contribution in [2.24, 2.45) is 0 Å². The quantitative estimate of drug-likeness (QED) is 0.779. The highest BCUT2D eigenvalue weighted by Crippen LogP contribution is 2.32. The number of nitrogens with zero attached hydrogens (tertiary/aromatic N) is 1. The fourth-order valence-electron chi connectivity index (χ4n) is 3.00. The summed E-state index contributed by atoms with van der Waals surface area (Å²) in [6.07, 6.45) is 7.29. The van der Waals surface area contributed by atoms with E-state index in [1.807, 2.05) is 36.5 Å². The fourth-order valence-corrected chi connectivity index (χ4v) is 3.83. The van der Waals surface area contributed by atoms with Crippen molar-refractivity contribution in [2.75, 3.05) is 5.32 Å². The van der Waals surface area contributed by atoms with E-state index in [0.29, 0.717) is 0 Å². The molecule has 5 heteroatoms. The molecule has 2 aromatic rings. The Kier molecular flexibility index (Phi) is 5.53. The number of rotatable bonds is 6. The van der Waals surface area contributed by atoms with Crippen LogP contribution in [-0.2, 0) is 10.5 Å². The Labute approximate surface area is 146 Å². The van der Waals surface area contributed by atoms with Gasteiger partial charge >= 0.3 is 0 Å². The molecule has 1 aromatic heterocycles. The van der Waals surface area contributed by atoms with Gasteiger partial charge in [-0.1, -0.05) is 18.9 Å². The third-order valence-corrected chi connectivity index (χ3v) is 5.37. The third kappa shape index (κ3) is 4.82. The second-order valence-electron chi connectivity index (χ2n) is 6.33. The largest absolute Gasteiger partial charge is 0.389 e. The van der Waals surface area contributed by atoms with Crippen LogP contribution < -0.4 is 5.32 Å². The normalized spacial score (nSPS) is 16.0. The molecule has 24 heavy (non-hydrogen) atoms. The zero-order chi connectivity index (χ0) is 16.8. The topological polar surface area (TPSA) is 62.2 Å². The van der Waals surface area contributed by atoms with E-state index >= 15 is 0 Å². The van der Waals surface area contributed by atoms with E-state index in [-0.39, 0.29) is 12.3 Å². The molecule has 1 heterocycles. The molecular formula is C19H22N2O2S. The van der Waals surface area contributed by atoms with Crippen LogP contribution in [0, 0.1) is 0 Å². The Bertz CT molecular complexity index is 668. The van der Waals surface area contributed by atoms with Gasteiger partial charge in [0.1, 0.15) is 0 Å². The summed E-state index contributed by atoms with van der Waals surface area (Å²) in [5, 5.41) is 13.2. The minimum absolute atomic E-state index is 0.116. The molecule has 0 saturated heterocycles. The van der Waals surface area contributed by atoms with Crippen LogP contribution in [0.1, 0.15) is 37.7 Å². The number of aromatic nitrogens is 1. The zero-order valence-corrected chi connectivity index (χ0v) is 14.4. The van der Waals surface area contributed by atoms with E-state index in [1.54, 1.807) is 18.0 Å². The minimum Gasteiger partial charge on any atom is -0.389 e. The van der Waals surface area contributed by atoms with Crippen LogP contribution in [0.4, 0.5) is 5.69 Å². The Morgan fingerprint density at radius 2 is 1.96 bits per heavy atom. The first-order valence-electron chi connectivity index (χ1n) is 8.27. The molecule has 1 aromatic carbocycles. The Hall–Kier alpha value is -1.85. The van der Waals surface area contributed by atoms with E-state index < -0.39 is 5.60 Å². The van der Waals surface area contributed by atoms with Gasteiger partial charge in [0, 0.05) is 28.7 Å². The van der Waals surface area contributed by atoms with Gasteiger partial charge in [0.2, 0.25) is 5.91 Å². The molecule has 1 amide bonds. The van der Waals surface area contributed by atoms with Gasteiger partial charge in [-0.3, -0.25) is 9.78 Å². The minimum atomic E-state index is -0.802. The molecule has 1 aliphatic carbocycles. The lowest BCUT2D eigenvalue weighted by Crippen LogP contribution is -2.30. The summed E-state index contributed by atoms with van der Waals surface area (Å²) >= 11 is 1.73. The smallest absolute Gasteiger partial charge is 0.227 e. The number of anilines is 1. The first-order valence-corrected chi connectivity index (χ1v) is 9.26. The summed E-state index contributed by atoms with van der Waals surface area (Å²) in [7, 11) is 0. The van der Waals surface area contributed by atoms with Crippen LogP contribution in [0.5, 0.6) is 0 Å². The summed E-state index contributed by atoms with van der Waals surface area (Å²) < 4.78 is 0. The second kappa shape index (κ2) is 7.81. The summed E-state index contributed by atoms with van der Waals surface area (Å²) in [5.41, 5.74) is 1.15. The maximum absolute atomic E-state index is 12.1. The van der Waals surface area contributed by atoms with E-state index in [2.05, 4.69) is 16.4 Å². The van der Waals surface area contributed by atoms with Crippen molar-refractivity contribution in [1.82, 2.24) is 4.98 Å². The molecule has 1 fully saturated rings. The Morgan fingerprint density at radius 3 is 2.62 bits per heavy atom. The first-order chi connectivity index (χ1) is 11.6. The summed E-state index contributed by atoms with van der Waals surface area (Å²) in [6, 6.07) is 11.8. The van der Waals surface area contributed by atoms with Gasteiger partial charge in [0.25, 0.3) is 0 Å². The molecule has 0 bridgehead atoms. The highest BCUT2D eigenvalue weighted by molar-refractivity contribution is 7.98. The van der Waals surface area contributed by atoms with Crippen molar-refractivity contribution >= 4 is 23.4 Å². The van der Waals surface area contributed by atoms with Crippen molar-refractivity contribution in [3.05, 3.63) is 54.4 Å². The van der Waals surface area contributed by atoms with E-state index in [0.717, 1.165) is 42.0 Å². The number of amides is 1. The molecule has 3 rings (SSSR count). The number of carbonyl (C=O) groups excluding carboxylic acids is 1. The van der Waals surface area contributed by atoms with Gasteiger partial charge < -0.3 is 10.4 Å². The van der Waals surface area contributed by atoms with Crippen molar-refractivity contribution in [3.8, 4) is 0 Å². The highest BCUT2D eigenvalue weighted by Gasteiger charge is 2.33. The number of thioether (sulfide) groups is 1. The zero-order valence-electron chi connectivity index (χ0n) is 13.6. The second-order valence-corrected chi connectivity index (χ2v) is 7.38. The summed E-state index contributed by atoms with van der Waals surface area (Å²) in [6.45, 7) is 0. The lowest BCUT2D eigenvalue weighted by molar-refractivity contribution is -0.120. The number of nitrogens with one attached hydrogen (secondary N) is 1. The van der Waals surface area contributed by atoms with Crippen LogP contribution in [0.2, 0.25) is 0 Å². The molecule has 0 unspecified atom stereocenters. The lowest BCUT2D eigenvalue weighted by Gasteiger charge is -2.21. The highest BCUT2D eigenvalue weighted by atomic mass is 32.2. The maximum Gasteiger partial charge on any atom is 0.227 e. The number of carbonyl (C=O) groups is 1. The third-order valence-electron chi connectivity index (χ3n) is 4.29. The average Bonchev–Trinajstić information content (AvgIpc) is 3.01. The molecule has 1 aliphatic rings. The molecule has 4 nitrogen and oxygen atoms in total. The molecule has 1 saturated carbocycles. The van der Waals surface area contributed by atoms with Gasteiger partial charge in [-0.15, -0.1) is 11.8 Å². The van der Waals surface area contributed by atoms with Gasteiger partial charge in [0.15, 0.2) is 0 Å². The standard InChI is InChI=1S/C19H22N2O2S/c22-18(12-19(23)9-1-2-10-19)21-16-5-7-17(8-6-16)24-14-15-4-3-11-20-13-15/h3-8,11,13,23H,1-2,9-10,12,14H2,(H,21,22). The molecule has 0 radical (unpaired) electrons. The predicted octanol–water partition coefficient (Wildman–Crippen LogP) is 4.01. The summed E-state index contributed by atoms with van der Waals surface area (Å²) in [4.78, 5) is 17.3. The molecular weight excluding hydrogens is 320 g/mol. The Morgan fingerprint density at radius 1 is 1.21 bits per heavy atom. The number of aliphatic hydroxyl groups is 1. The van der Waals surface area contributed by atoms with E-state index in [9.17, 15) is 9.90 Å². The average molecular weight is 342 g/mol. The van der Waals surface area contributed by atoms with Gasteiger partial charge in [-0.25, -0.2) is 0 Å². The van der Waals surface area contributed by atoms with Crippen molar-refractivity contribution in [1.29, 1.82) is 0 Å². The van der Waals surface area contributed by atoms with Gasteiger partial charge in [-0.2, -0.15) is 0 Å². The van der Waals surface area contributed by atoms with E-state index in [4.69, 9.17) is 0 Å². The molecule has 0 aliphatic heterocycles. The monoisotopic (exact) mass is 342 g/mol. The van der Waals surface area contributed by atoms with Crippen molar-refractivity contribution in [3.63, 3.8) is 0 Å². The van der Waals surface area contributed by atoms with Crippen molar-refractivity contribution in [2.45, 2.75) is 48.4 Å².